The van der Waals surface area contributed by atoms with Crippen LogP contribution in [-0.4, -0.2) is 78.7 Å². The predicted octanol–water partition coefficient (Wildman–Crippen LogP) is 5.56. The highest BCUT2D eigenvalue weighted by Crippen LogP contribution is 2.68. The van der Waals surface area contributed by atoms with Crippen molar-refractivity contribution in [2.24, 2.45) is 11.3 Å². The summed E-state index contributed by atoms with van der Waals surface area (Å²) in [6, 6.07) is 0. The Labute approximate surface area is 239 Å². The van der Waals surface area contributed by atoms with Gasteiger partial charge in [0.25, 0.3) is 0 Å². The lowest BCUT2D eigenvalue weighted by Gasteiger charge is -2.66. The summed E-state index contributed by atoms with van der Waals surface area (Å²) in [5, 5.41) is 10.2. The van der Waals surface area contributed by atoms with E-state index in [0.29, 0.717) is 37.1 Å². The van der Waals surface area contributed by atoms with Gasteiger partial charge in [0.15, 0.2) is 0 Å². The van der Waals surface area contributed by atoms with Gasteiger partial charge in [-0.2, -0.15) is 0 Å². The summed E-state index contributed by atoms with van der Waals surface area (Å²) in [6.45, 7) is 12.4. The number of carbonyl (C=O) groups is 1. The summed E-state index contributed by atoms with van der Waals surface area (Å²) in [6.07, 6.45) is 11.0. The minimum Gasteiger partial charge on any atom is -0.497 e. The number of carboxylic acids is 1. The van der Waals surface area contributed by atoms with Crippen molar-refractivity contribution in [3.63, 3.8) is 0 Å². The molecule has 7 fully saturated rings. The fourth-order valence-corrected chi connectivity index (χ4v) is 8.87. The summed E-state index contributed by atoms with van der Waals surface area (Å²) in [5.74, 6) is 0.151. The van der Waals surface area contributed by atoms with Crippen LogP contribution in [0, 0.1) is 11.3 Å². The van der Waals surface area contributed by atoms with Gasteiger partial charge in [-0.05, 0) is 97.8 Å². The van der Waals surface area contributed by atoms with Crippen LogP contribution in [-0.2, 0) is 33.2 Å². The van der Waals surface area contributed by atoms with Crippen LogP contribution in [0.1, 0.15) is 105 Å². The molecule has 1 N–H and O–H groups in total. The number of rotatable bonds is 14. The highest BCUT2D eigenvalue weighted by molar-refractivity contribution is 5.86. The van der Waals surface area contributed by atoms with E-state index in [0.717, 1.165) is 96.9 Å². The molecule has 0 amide bonds. The molecule has 0 spiro atoms. The normalized spacial score (nSPS) is 45.8. The summed E-state index contributed by atoms with van der Waals surface area (Å²) >= 11 is 0. The molecule has 0 radical (unpaired) electrons. The van der Waals surface area contributed by atoms with Gasteiger partial charge in [-0.1, -0.05) is 0 Å². The van der Waals surface area contributed by atoms with Crippen LogP contribution in [0.15, 0.2) is 11.3 Å². The van der Waals surface area contributed by atoms with Gasteiger partial charge in [-0.15, -0.1) is 0 Å². The van der Waals surface area contributed by atoms with Gasteiger partial charge in [-0.3, -0.25) is 0 Å². The third kappa shape index (κ3) is 5.48. The maximum Gasteiger partial charge on any atom is 0.334 e. The Morgan fingerprint density at radius 1 is 0.750 bits per heavy atom. The molecule has 7 aliphatic rings. The molecule has 8 heteroatoms. The average Bonchev–Trinajstić information content (AvgIpc) is 2.82. The average molecular weight is 563 g/mol. The van der Waals surface area contributed by atoms with E-state index in [9.17, 15) is 9.90 Å². The lowest BCUT2D eigenvalue weighted by molar-refractivity contribution is -0.268. The molecule has 7 rings (SSSR count). The second-order valence-corrected chi connectivity index (χ2v) is 14.9. The first kappa shape index (κ1) is 28.9. The van der Waals surface area contributed by atoms with E-state index in [-0.39, 0.29) is 28.0 Å². The monoisotopic (exact) mass is 562 g/mol. The predicted molar refractivity (Wildman–Crippen MR) is 148 cm³/mol. The Morgan fingerprint density at radius 2 is 1.20 bits per heavy atom. The third-order valence-electron chi connectivity index (χ3n) is 11.3. The number of ether oxygens (including phenoxy) is 6. The van der Waals surface area contributed by atoms with Gasteiger partial charge in [-0.25, -0.2) is 4.79 Å². The second kappa shape index (κ2) is 10.2. The minimum absolute atomic E-state index is 0.0832. The number of carboxylic acid groups (broad SMARTS) is 1. The van der Waals surface area contributed by atoms with Gasteiger partial charge >= 0.3 is 5.97 Å². The lowest BCUT2D eigenvalue weighted by atomic mass is 9.45. The first-order chi connectivity index (χ1) is 18.9. The maximum atomic E-state index is 12.4. The Kier molecular flexibility index (Phi) is 7.38. The molecule has 0 aromatic carbocycles. The Bertz CT molecular complexity index is 964. The zero-order valence-corrected chi connectivity index (χ0v) is 25.1. The minimum atomic E-state index is -0.910. The van der Waals surface area contributed by atoms with Crippen LogP contribution in [0.3, 0.4) is 0 Å². The number of aliphatic carboxylic acids is 1. The van der Waals surface area contributed by atoms with E-state index in [1.807, 2.05) is 0 Å². The number of hydrogen-bond acceptors (Lipinski definition) is 7. The van der Waals surface area contributed by atoms with Gasteiger partial charge < -0.3 is 33.5 Å². The van der Waals surface area contributed by atoms with Crippen molar-refractivity contribution in [3.8, 4) is 0 Å². The number of allylic oxidation sites excluding steroid dienone is 1. The molecule has 5 unspecified atom stereocenters. The van der Waals surface area contributed by atoms with Crippen molar-refractivity contribution in [1.29, 1.82) is 0 Å². The number of hydrogen-bond donors (Lipinski definition) is 1. The SMILES string of the molecule is CC(C(=O)O)=C(OCCC1(C)CCO1)C12CC3CC(OCCC4(C)CCO4)(CC(OCCC4(C)CCO4)(C3)C1)C2. The molecule has 226 valence electrons. The fourth-order valence-electron chi connectivity index (χ4n) is 8.87. The summed E-state index contributed by atoms with van der Waals surface area (Å²) in [5.41, 5.74) is -1.10. The molecular weight excluding hydrogens is 512 g/mol. The van der Waals surface area contributed by atoms with Gasteiger partial charge in [0.2, 0.25) is 0 Å². The van der Waals surface area contributed by atoms with Crippen LogP contribution in [0.5, 0.6) is 0 Å². The van der Waals surface area contributed by atoms with E-state index in [1.165, 1.54) is 0 Å². The lowest BCUT2D eigenvalue weighted by Crippen LogP contribution is -2.65. The molecule has 4 saturated carbocycles. The summed E-state index contributed by atoms with van der Waals surface area (Å²) in [4.78, 5) is 12.4. The van der Waals surface area contributed by atoms with Crippen LogP contribution < -0.4 is 0 Å². The largest absolute Gasteiger partial charge is 0.497 e. The van der Waals surface area contributed by atoms with E-state index in [2.05, 4.69) is 20.8 Å². The maximum absolute atomic E-state index is 12.4. The molecule has 0 aromatic heterocycles. The fraction of sp³-hybridized carbons (Fsp3) is 0.906. The van der Waals surface area contributed by atoms with Gasteiger partial charge in [0.05, 0.1) is 73.2 Å². The van der Waals surface area contributed by atoms with Crippen molar-refractivity contribution in [2.75, 3.05) is 39.6 Å². The molecule has 3 aliphatic heterocycles. The molecule has 3 saturated heterocycles. The van der Waals surface area contributed by atoms with E-state index < -0.39 is 11.4 Å². The highest BCUT2D eigenvalue weighted by atomic mass is 16.5. The Morgan fingerprint density at radius 3 is 1.60 bits per heavy atom. The van der Waals surface area contributed by atoms with Crippen LogP contribution in [0.2, 0.25) is 0 Å². The standard InChI is InChI=1S/C32H50O8/c1-23(26(33)34)25(35-11-5-27(2)6-12-36-27)30-17-24-18-31(20-30,39-15-9-28(3)7-13-37-28)22-32(19-24,21-30)40-16-10-29(4)8-14-38-29/h24H,5-22H2,1-4H3,(H,33,34). The molecule has 40 heavy (non-hydrogen) atoms. The van der Waals surface area contributed by atoms with Gasteiger partial charge in [0, 0.05) is 18.3 Å². The molecule has 4 aliphatic carbocycles. The zero-order chi connectivity index (χ0) is 28.3. The Hall–Kier alpha value is -1.19. The van der Waals surface area contributed by atoms with E-state index >= 15 is 0 Å². The first-order valence-electron chi connectivity index (χ1n) is 15.7. The molecule has 5 atom stereocenters. The van der Waals surface area contributed by atoms with Crippen LogP contribution in [0.4, 0.5) is 0 Å². The van der Waals surface area contributed by atoms with Gasteiger partial charge in [0.1, 0.15) is 5.76 Å². The smallest absolute Gasteiger partial charge is 0.334 e. The second-order valence-electron chi connectivity index (χ2n) is 14.9. The van der Waals surface area contributed by atoms with Crippen molar-refractivity contribution >= 4 is 5.97 Å². The van der Waals surface area contributed by atoms with Crippen LogP contribution >= 0.6 is 0 Å². The highest BCUT2D eigenvalue weighted by Gasteiger charge is 2.67. The topological polar surface area (TPSA) is 92.7 Å². The molecular formula is C32H50O8. The molecule has 3 heterocycles. The first-order valence-corrected chi connectivity index (χ1v) is 15.7. The van der Waals surface area contributed by atoms with Crippen molar-refractivity contribution in [3.05, 3.63) is 11.3 Å². The summed E-state index contributed by atoms with van der Waals surface area (Å²) < 4.78 is 37.8. The van der Waals surface area contributed by atoms with Crippen molar-refractivity contribution < 1.29 is 38.3 Å². The van der Waals surface area contributed by atoms with Crippen molar-refractivity contribution in [2.45, 2.75) is 133 Å². The molecule has 4 bridgehead atoms. The third-order valence-corrected chi connectivity index (χ3v) is 11.3. The van der Waals surface area contributed by atoms with Crippen molar-refractivity contribution in [1.82, 2.24) is 0 Å². The van der Waals surface area contributed by atoms with Crippen LogP contribution in [0.25, 0.3) is 0 Å². The molecule has 8 nitrogen and oxygen atoms in total. The van der Waals surface area contributed by atoms with E-state index in [4.69, 9.17) is 28.4 Å². The Balaban J connectivity index is 1.25. The quantitative estimate of drug-likeness (QED) is 0.217. The summed E-state index contributed by atoms with van der Waals surface area (Å²) in [7, 11) is 0. The molecule has 0 aromatic rings. The zero-order valence-electron chi connectivity index (χ0n) is 25.1. The van der Waals surface area contributed by atoms with E-state index in [1.54, 1.807) is 6.92 Å².